The van der Waals surface area contributed by atoms with Crippen LogP contribution >= 0.6 is 0 Å². The van der Waals surface area contributed by atoms with Gasteiger partial charge in [0.2, 0.25) is 0 Å². The van der Waals surface area contributed by atoms with E-state index in [9.17, 15) is 8.42 Å². The first-order chi connectivity index (χ1) is 7.95. The standard InChI is InChI=1S/C10H12N4O2S/c1-8-3-12-9(4-11-8)6-14-7-10(5-13-14)17(2,15)16/h3-5,7H,6H2,1-2H3. The second-order valence-electron chi connectivity index (χ2n) is 3.79. The van der Waals surface area contributed by atoms with Crippen molar-refractivity contribution >= 4 is 9.84 Å². The van der Waals surface area contributed by atoms with Gasteiger partial charge in [0.25, 0.3) is 0 Å². The molecule has 2 aromatic heterocycles. The average Bonchev–Trinajstić information content (AvgIpc) is 2.69. The summed E-state index contributed by atoms with van der Waals surface area (Å²) in [5, 5.41) is 3.97. The van der Waals surface area contributed by atoms with Crippen molar-refractivity contribution in [2.75, 3.05) is 6.26 Å². The highest BCUT2D eigenvalue weighted by Gasteiger charge is 2.10. The van der Waals surface area contributed by atoms with Gasteiger partial charge in [-0.2, -0.15) is 5.10 Å². The highest BCUT2D eigenvalue weighted by Crippen LogP contribution is 2.07. The topological polar surface area (TPSA) is 77.7 Å². The predicted molar refractivity (Wildman–Crippen MR) is 61.2 cm³/mol. The Hall–Kier alpha value is -1.76. The molecule has 0 radical (unpaired) electrons. The van der Waals surface area contributed by atoms with Crippen molar-refractivity contribution in [3.05, 3.63) is 36.2 Å². The highest BCUT2D eigenvalue weighted by atomic mass is 32.2. The third-order valence-electron chi connectivity index (χ3n) is 2.20. The maximum atomic E-state index is 11.3. The van der Waals surface area contributed by atoms with Gasteiger partial charge in [-0.25, -0.2) is 8.42 Å². The number of hydrogen-bond acceptors (Lipinski definition) is 5. The van der Waals surface area contributed by atoms with E-state index in [-0.39, 0.29) is 4.90 Å². The fourth-order valence-electron chi connectivity index (χ4n) is 1.29. The molecule has 17 heavy (non-hydrogen) atoms. The van der Waals surface area contributed by atoms with E-state index in [0.717, 1.165) is 17.6 Å². The Bertz CT molecular complexity index is 616. The lowest BCUT2D eigenvalue weighted by Crippen LogP contribution is -2.03. The maximum Gasteiger partial charge on any atom is 0.178 e. The summed E-state index contributed by atoms with van der Waals surface area (Å²) in [7, 11) is -3.20. The summed E-state index contributed by atoms with van der Waals surface area (Å²) in [5.41, 5.74) is 1.57. The van der Waals surface area contributed by atoms with Crippen molar-refractivity contribution in [1.82, 2.24) is 19.7 Å². The van der Waals surface area contributed by atoms with Crippen molar-refractivity contribution in [1.29, 1.82) is 0 Å². The van der Waals surface area contributed by atoms with Gasteiger partial charge < -0.3 is 0 Å². The first kappa shape index (κ1) is 11.7. The molecule has 2 aromatic rings. The molecule has 6 nitrogen and oxygen atoms in total. The van der Waals surface area contributed by atoms with E-state index in [1.165, 1.54) is 17.1 Å². The largest absolute Gasteiger partial charge is 0.265 e. The molecule has 2 heterocycles. The SMILES string of the molecule is Cc1cnc(Cn2cc(S(C)(=O)=O)cn2)cn1. The zero-order valence-electron chi connectivity index (χ0n) is 9.53. The fraction of sp³-hybridized carbons (Fsp3) is 0.300. The van der Waals surface area contributed by atoms with E-state index in [0.29, 0.717) is 6.54 Å². The lowest BCUT2D eigenvalue weighted by atomic mass is 10.4. The van der Waals surface area contributed by atoms with Crippen LogP contribution in [0.3, 0.4) is 0 Å². The Labute approximate surface area is 99.3 Å². The molecular formula is C10H12N4O2S. The van der Waals surface area contributed by atoms with Gasteiger partial charge >= 0.3 is 0 Å². The van der Waals surface area contributed by atoms with Gasteiger partial charge in [-0.3, -0.25) is 14.6 Å². The maximum absolute atomic E-state index is 11.3. The minimum Gasteiger partial charge on any atom is -0.265 e. The molecule has 0 saturated carbocycles. The van der Waals surface area contributed by atoms with Crippen LogP contribution in [-0.2, 0) is 16.4 Å². The van der Waals surface area contributed by atoms with E-state index < -0.39 is 9.84 Å². The molecule has 0 atom stereocenters. The van der Waals surface area contributed by atoms with E-state index in [1.807, 2.05) is 6.92 Å². The van der Waals surface area contributed by atoms with E-state index in [2.05, 4.69) is 15.1 Å². The van der Waals surface area contributed by atoms with Crippen molar-refractivity contribution < 1.29 is 8.42 Å². The zero-order chi connectivity index (χ0) is 12.5. The van der Waals surface area contributed by atoms with Gasteiger partial charge in [0.1, 0.15) is 4.90 Å². The van der Waals surface area contributed by atoms with Crippen molar-refractivity contribution in [3.8, 4) is 0 Å². The molecule has 0 N–H and O–H groups in total. The van der Waals surface area contributed by atoms with E-state index >= 15 is 0 Å². The monoisotopic (exact) mass is 252 g/mol. The van der Waals surface area contributed by atoms with E-state index in [1.54, 1.807) is 12.4 Å². The third kappa shape index (κ3) is 2.88. The molecule has 0 spiro atoms. The molecular weight excluding hydrogens is 240 g/mol. The Morgan fingerprint density at radius 1 is 1.24 bits per heavy atom. The van der Waals surface area contributed by atoms with Crippen LogP contribution in [-0.4, -0.2) is 34.4 Å². The minimum atomic E-state index is -3.20. The third-order valence-corrected chi connectivity index (χ3v) is 3.26. The molecule has 0 saturated heterocycles. The zero-order valence-corrected chi connectivity index (χ0v) is 10.3. The molecule has 0 fully saturated rings. The van der Waals surface area contributed by atoms with Crippen LogP contribution in [0.15, 0.2) is 29.7 Å². The number of nitrogens with zero attached hydrogens (tertiary/aromatic N) is 4. The van der Waals surface area contributed by atoms with Crippen LogP contribution in [0.25, 0.3) is 0 Å². The summed E-state index contributed by atoms with van der Waals surface area (Å²) in [5.74, 6) is 0. The molecule has 0 aliphatic rings. The van der Waals surface area contributed by atoms with Gasteiger partial charge in [0.05, 0.1) is 30.3 Å². The Kier molecular flexibility index (Phi) is 2.93. The molecule has 2 rings (SSSR count). The van der Waals surface area contributed by atoms with Crippen LogP contribution in [0, 0.1) is 6.92 Å². The van der Waals surface area contributed by atoms with Crippen molar-refractivity contribution in [2.45, 2.75) is 18.4 Å². The predicted octanol–water partition coefficient (Wildman–Crippen LogP) is 0.433. The molecule has 7 heteroatoms. The Morgan fingerprint density at radius 3 is 2.53 bits per heavy atom. The molecule has 0 aliphatic carbocycles. The molecule has 90 valence electrons. The second kappa shape index (κ2) is 4.25. The molecule has 0 aromatic carbocycles. The van der Waals surface area contributed by atoms with Crippen molar-refractivity contribution in [2.24, 2.45) is 0 Å². The summed E-state index contributed by atoms with van der Waals surface area (Å²) < 4.78 is 24.0. The van der Waals surface area contributed by atoms with Crippen molar-refractivity contribution in [3.63, 3.8) is 0 Å². The summed E-state index contributed by atoms with van der Waals surface area (Å²) >= 11 is 0. The lowest BCUT2D eigenvalue weighted by Gasteiger charge is -2.00. The number of aromatic nitrogens is 4. The Morgan fingerprint density at radius 2 is 2.00 bits per heavy atom. The number of sulfone groups is 1. The average molecular weight is 252 g/mol. The van der Waals surface area contributed by atoms with E-state index in [4.69, 9.17) is 0 Å². The van der Waals surface area contributed by atoms with Gasteiger partial charge in [0.15, 0.2) is 9.84 Å². The molecule has 0 aliphatic heterocycles. The highest BCUT2D eigenvalue weighted by molar-refractivity contribution is 7.90. The van der Waals surface area contributed by atoms with Crippen LogP contribution < -0.4 is 0 Å². The summed E-state index contributed by atoms with van der Waals surface area (Å²) in [4.78, 5) is 8.49. The quantitative estimate of drug-likeness (QED) is 0.791. The van der Waals surface area contributed by atoms with Gasteiger partial charge in [-0.1, -0.05) is 0 Å². The van der Waals surface area contributed by atoms with Gasteiger partial charge in [-0.15, -0.1) is 0 Å². The van der Waals surface area contributed by atoms with Crippen LogP contribution in [0.4, 0.5) is 0 Å². The molecule has 0 amide bonds. The smallest absolute Gasteiger partial charge is 0.178 e. The summed E-state index contributed by atoms with van der Waals surface area (Å²) in [6.07, 6.45) is 7.28. The normalized spacial score (nSPS) is 11.6. The number of aryl methyl sites for hydroxylation is 1. The molecule has 0 unspecified atom stereocenters. The summed E-state index contributed by atoms with van der Waals surface area (Å²) in [6, 6.07) is 0. The van der Waals surface area contributed by atoms with Gasteiger partial charge in [-0.05, 0) is 6.92 Å². The lowest BCUT2D eigenvalue weighted by molar-refractivity contribution is 0.601. The first-order valence-corrected chi connectivity index (χ1v) is 6.84. The fourth-order valence-corrected chi connectivity index (χ4v) is 1.84. The molecule has 0 bridgehead atoms. The summed E-state index contributed by atoms with van der Waals surface area (Å²) in [6.45, 7) is 2.26. The van der Waals surface area contributed by atoms with Gasteiger partial charge in [0, 0.05) is 18.6 Å². The second-order valence-corrected chi connectivity index (χ2v) is 5.81. The van der Waals surface area contributed by atoms with Crippen LogP contribution in [0.2, 0.25) is 0 Å². The first-order valence-electron chi connectivity index (χ1n) is 4.95. The number of rotatable bonds is 3. The Balaban J connectivity index is 2.20. The van der Waals surface area contributed by atoms with Crippen LogP contribution in [0.1, 0.15) is 11.4 Å². The number of hydrogen-bond donors (Lipinski definition) is 0. The minimum absolute atomic E-state index is 0.206. The van der Waals surface area contributed by atoms with Crippen LogP contribution in [0.5, 0.6) is 0 Å².